The summed E-state index contributed by atoms with van der Waals surface area (Å²) in [6.07, 6.45) is 3.36. The van der Waals surface area contributed by atoms with Crippen LogP contribution in [0.15, 0.2) is 0 Å². The zero-order chi connectivity index (χ0) is 14.5. The Morgan fingerprint density at radius 2 is 2.00 bits per heavy atom. The molecule has 0 aromatic rings. The second-order valence-electron chi connectivity index (χ2n) is 5.56. The van der Waals surface area contributed by atoms with Crippen molar-refractivity contribution in [2.24, 2.45) is 5.92 Å². The minimum Gasteiger partial charge on any atom is -0.481 e. The highest BCUT2D eigenvalue weighted by molar-refractivity contribution is 5.75. The average Bonchev–Trinajstić information content (AvgIpc) is 2.97. The Morgan fingerprint density at radius 1 is 1.30 bits per heavy atom. The second-order valence-corrected chi connectivity index (χ2v) is 5.56. The van der Waals surface area contributed by atoms with E-state index >= 15 is 0 Å². The number of rotatable bonds is 4. The molecule has 1 unspecified atom stereocenters. The van der Waals surface area contributed by atoms with Gasteiger partial charge in [0.15, 0.2) is 0 Å². The number of ether oxygens (including phenoxy) is 1. The number of nitrogens with zero attached hydrogens (tertiary/aromatic N) is 2. The molecule has 0 spiro atoms. The van der Waals surface area contributed by atoms with E-state index in [1.807, 2.05) is 11.8 Å². The van der Waals surface area contributed by atoms with Gasteiger partial charge in [-0.2, -0.15) is 0 Å². The van der Waals surface area contributed by atoms with Crippen LogP contribution in [-0.2, 0) is 9.53 Å². The van der Waals surface area contributed by atoms with Crippen molar-refractivity contribution < 1.29 is 19.4 Å². The number of piperidine rings is 1. The van der Waals surface area contributed by atoms with Crippen LogP contribution in [0.4, 0.5) is 4.79 Å². The van der Waals surface area contributed by atoms with E-state index in [2.05, 4.69) is 0 Å². The van der Waals surface area contributed by atoms with E-state index in [0.29, 0.717) is 39.0 Å². The molecule has 2 aliphatic rings. The first-order valence-corrected chi connectivity index (χ1v) is 7.50. The van der Waals surface area contributed by atoms with Crippen LogP contribution in [0.3, 0.4) is 0 Å². The van der Waals surface area contributed by atoms with Crippen molar-refractivity contribution in [2.75, 3.05) is 32.8 Å². The standard InChI is InChI=1S/C14H24N2O4/c1-2-15(10-12-4-3-9-20-12)14(19)16-7-5-11(6-8-16)13(17)18/h11-12H,2-10H2,1H3,(H,17,18). The van der Waals surface area contributed by atoms with Gasteiger partial charge in [-0.1, -0.05) is 0 Å². The Morgan fingerprint density at radius 3 is 2.50 bits per heavy atom. The average molecular weight is 284 g/mol. The predicted molar refractivity (Wildman–Crippen MR) is 73.5 cm³/mol. The molecule has 1 atom stereocenters. The maximum Gasteiger partial charge on any atom is 0.320 e. The third-order valence-corrected chi connectivity index (χ3v) is 4.21. The summed E-state index contributed by atoms with van der Waals surface area (Å²) in [6, 6.07) is 0.0202. The summed E-state index contributed by atoms with van der Waals surface area (Å²) in [5.74, 6) is -1.05. The first-order valence-electron chi connectivity index (χ1n) is 7.50. The number of likely N-dealkylation sites (N-methyl/N-ethyl adjacent to an activating group) is 1. The van der Waals surface area contributed by atoms with Crippen molar-refractivity contribution in [3.05, 3.63) is 0 Å². The summed E-state index contributed by atoms with van der Waals surface area (Å²) in [4.78, 5) is 27.0. The first kappa shape index (κ1) is 15.1. The van der Waals surface area contributed by atoms with Crippen molar-refractivity contribution in [1.29, 1.82) is 0 Å². The number of carbonyl (C=O) groups is 2. The fourth-order valence-corrected chi connectivity index (χ4v) is 2.89. The number of amides is 2. The van der Waals surface area contributed by atoms with Crippen molar-refractivity contribution >= 4 is 12.0 Å². The van der Waals surface area contributed by atoms with Crippen molar-refractivity contribution in [3.8, 4) is 0 Å². The minimum atomic E-state index is -0.746. The monoisotopic (exact) mass is 284 g/mol. The molecule has 2 aliphatic heterocycles. The van der Waals surface area contributed by atoms with Crippen LogP contribution < -0.4 is 0 Å². The number of carboxylic acids is 1. The molecule has 0 aliphatic carbocycles. The highest BCUT2D eigenvalue weighted by atomic mass is 16.5. The minimum absolute atomic E-state index is 0.0202. The molecule has 6 nitrogen and oxygen atoms in total. The van der Waals surface area contributed by atoms with Gasteiger partial charge in [0, 0.05) is 32.8 Å². The zero-order valence-corrected chi connectivity index (χ0v) is 12.1. The van der Waals surface area contributed by atoms with Gasteiger partial charge in [0.2, 0.25) is 0 Å². The summed E-state index contributed by atoms with van der Waals surface area (Å²) in [5, 5.41) is 8.98. The molecule has 0 saturated carbocycles. The molecule has 0 bridgehead atoms. The molecule has 114 valence electrons. The Hall–Kier alpha value is -1.30. The topological polar surface area (TPSA) is 70.1 Å². The SMILES string of the molecule is CCN(CC1CCCO1)C(=O)N1CCC(C(=O)O)CC1. The highest BCUT2D eigenvalue weighted by Gasteiger charge is 2.30. The van der Waals surface area contributed by atoms with E-state index in [1.54, 1.807) is 4.90 Å². The lowest BCUT2D eigenvalue weighted by atomic mass is 9.97. The molecule has 0 aromatic heterocycles. The maximum atomic E-state index is 12.4. The first-order chi connectivity index (χ1) is 9.61. The number of likely N-dealkylation sites (tertiary alicyclic amines) is 1. The molecule has 0 radical (unpaired) electrons. The molecular formula is C14H24N2O4. The lowest BCUT2D eigenvalue weighted by Crippen LogP contribution is -2.49. The van der Waals surface area contributed by atoms with E-state index in [1.165, 1.54) is 0 Å². The van der Waals surface area contributed by atoms with Crippen LogP contribution in [-0.4, -0.2) is 65.8 Å². The lowest BCUT2D eigenvalue weighted by Gasteiger charge is -2.35. The number of carboxylic acid groups (broad SMARTS) is 1. The fourth-order valence-electron chi connectivity index (χ4n) is 2.89. The normalized spacial score (nSPS) is 23.9. The number of urea groups is 1. The fraction of sp³-hybridized carbons (Fsp3) is 0.857. The third kappa shape index (κ3) is 3.62. The van der Waals surface area contributed by atoms with E-state index in [9.17, 15) is 9.59 Å². The Bertz CT molecular complexity index is 347. The molecular weight excluding hydrogens is 260 g/mol. The zero-order valence-electron chi connectivity index (χ0n) is 12.1. The summed E-state index contributed by atoms with van der Waals surface area (Å²) in [6.45, 7) is 5.15. The van der Waals surface area contributed by atoms with Gasteiger partial charge in [-0.25, -0.2) is 4.79 Å². The Balaban J connectivity index is 1.84. The molecule has 0 aromatic carbocycles. The smallest absolute Gasteiger partial charge is 0.320 e. The van der Waals surface area contributed by atoms with Crippen LogP contribution in [0.25, 0.3) is 0 Å². The Kier molecular flexibility index (Phi) is 5.23. The van der Waals surface area contributed by atoms with Crippen LogP contribution in [0, 0.1) is 5.92 Å². The van der Waals surface area contributed by atoms with Crippen molar-refractivity contribution in [3.63, 3.8) is 0 Å². The molecule has 6 heteroatoms. The molecule has 2 heterocycles. The second kappa shape index (κ2) is 6.92. The van der Waals surface area contributed by atoms with Gasteiger partial charge in [-0.15, -0.1) is 0 Å². The number of carbonyl (C=O) groups excluding carboxylic acids is 1. The van der Waals surface area contributed by atoms with Crippen LogP contribution in [0.2, 0.25) is 0 Å². The number of hydrogen-bond donors (Lipinski definition) is 1. The van der Waals surface area contributed by atoms with Crippen molar-refractivity contribution in [1.82, 2.24) is 9.80 Å². The van der Waals surface area contributed by atoms with Gasteiger partial charge in [0.1, 0.15) is 0 Å². The number of hydrogen-bond acceptors (Lipinski definition) is 3. The van der Waals surface area contributed by atoms with Gasteiger partial charge in [-0.3, -0.25) is 4.79 Å². The van der Waals surface area contributed by atoms with Crippen LogP contribution in [0.5, 0.6) is 0 Å². The van der Waals surface area contributed by atoms with E-state index < -0.39 is 5.97 Å². The van der Waals surface area contributed by atoms with E-state index in [-0.39, 0.29) is 18.1 Å². The summed E-state index contributed by atoms with van der Waals surface area (Å²) in [5.41, 5.74) is 0. The molecule has 20 heavy (non-hydrogen) atoms. The summed E-state index contributed by atoms with van der Waals surface area (Å²) >= 11 is 0. The maximum absolute atomic E-state index is 12.4. The molecule has 1 N–H and O–H groups in total. The molecule has 2 fully saturated rings. The van der Waals surface area contributed by atoms with Gasteiger partial charge in [0.05, 0.1) is 12.0 Å². The summed E-state index contributed by atoms with van der Waals surface area (Å²) in [7, 11) is 0. The molecule has 2 saturated heterocycles. The van der Waals surface area contributed by atoms with Crippen LogP contribution >= 0.6 is 0 Å². The van der Waals surface area contributed by atoms with Gasteiger partial charge < -0.3 is 19.6 Å². The summed E-state index contributed by atoms with van der Waals surface area (Å²) < 4.78 is 5.58. The quantitative estimate of drug-likeness (QED) is 0.847. The van der Waals surface area contributed by atoms with Gasteiger partial charge >= 0.3 is 12.0 Å². The highest BCUT2D eigenvalue weighted by Crippen LogP contribution is 2.19. The Labute approximate surface area is 119 Å². The number of aliphatic carboxylic acids is 1. The van der Waals surface area contributed by atoms with Gasteiger partial charge in [-0.05, 0) is 32.6 Å². The lowest BCUT2D eigenvalue weighted by molar-refractivity contribution is -0.143. The van der Waals surface area contributed by atoms with Crippen LogP contribution in [0.1, 0.15) is 32.6 Å². The molecule has 2 amide bonds. The third-order valence-electron chi connectivity index (χ3n) is 4.21. The van der Waals surface area contributed by atoms with E-state index in [4.69, 9.17) is 9.84 Å². The van der Waals surface area contributed by atoms with Gasteiger partial charge in [0.25, 0.3) is 0 Å². The van der Waals surface area contributed by atoms with Crippen molar-refractivity contribution in [2.45, 2.75) is 38.7 Å². The van der Waals surface area contributed by atoms with E-state index in [0.717, 1.165) is 19.4 Å². The molecule has 2 rings (SSSR count). The largest absolute Gasteiger partial charge is 0.481 e. The predicted octanol–water partition coefficient (Wildman–Crippen LogP) is 1.40.